The third-order valence-corrected chi connectivity index (χ3v) is 3.31. The van der Waals surface area contributed by atoms with Gasteiger partial charge in [0.25, 0.3) is 5.69 Å². The highest BCUT2D eigenvalue weighted by atomic mass is 35.5. The number of ether oxygens (including phenoxy) is 2. The van der Waals surface area contributed by atoms with Crippen LogP contribution in [0.25, 0.3) is 0 Å². The number of carbonyl (C=O) groups excluding carboxylic acids is 1. The van der Waals surface area contributed by atoms with E-state index < -0.39 is 17.0 Å². The molecule has 0 aliphatic heterocycles. The van der Waals surface area contributed by atoms with Gasteiger partial charge >= 0.3 is 5.97 Å². The van der Waals surface area contributed by atoms with Gasteiger partial charge in [0.15, 0.2) is 0 Å². The van der Waals surface area contributed by atoms with Crippen LogP contribution in [-0.4, -0.2) is 17.0 Å². The van der Waals surface area contributed by atoms with Gasteiger partial charge in [0, 0.05) is 17.2 Å². The smallest absolute Gasteiger partial charge is 0.345 e. The monoisotopic (exact) mass is 349 g/mol. The van der Waals surface area contributed by atoms with E-state index in [1.54, 1.807) is 45.0 Å². The molecule has 0 N–H and O–H groups in total. The molecule has 0 aliphatic rings. The minimum absolute atomic E-state index is 0.156. The standard InChI is InChI=1S/C17H16ClNO5/c1-10(2)23-17(20)14-9-16(11(3)7-15(14)19(21)22)24-13-6-4-5-12(18)8-13/h4-10H,1-3H3. The first-order valence-electron chi connectivity index (χ1n) is 7.21. The third-order valence-electron chi connectivity index (χ3n) is 3.08. The fourth-order valence-electron chi connectivity index (χ4n) is 2.03. The van der Waals surface area contributed by atoms with Crippen LogP contribution in [0.5, 0.6) is 11.5 Å². The molecule has 0 radical (unpaired) electrons. The maximum Gasteiger partial charge on any atom is 0.345 e. The zero-order valence-electron chi connectivity index (χ0n) is 13.4. The van der Waals surface area contributed by atoms with Gasteiger partial charge in [-0.1, -0.05) is 17.7 Å². The molecule has 0 amide bonds. The Kier molecular flexibility index (Phi) is 5.41. The fourth-order valence-corrected chi connectivity index (χ4v) is 2.21. The molecule has 0 unspecified atom stereocenters. The lowest BCUT2D eigenvalue weighted by Crippen LogP contribution is -2.13. The van der Waals surface area contributed by atoms with Crippen molar-refractivity contribution in [1.29, 1.82) is 0 Å². The molecule has 24 heavy (non-hydrogen) atoms. The topological polar surface area (TPSA) is 78.7 Å². The molecule has 126 valence electrons. The van der Waals surface area contributed by atoms with Crippen LogP contribution in [0.1, 0.15) is 29.8 Å². The number of esters is 1. The summed E-state index contributed by atoms with van der Waals surface area (Å²) in [4.78, 5) is 22.7. The van der Waals surface area contributed by atoms with E-state index in [1.807, 2.05) is 0 Å². The van der Waals surface area contributed by atoms with Gasteiger partial charge in [0.05, 0.1) is 11.0 Å². The van der Waals surface area contributed by atoms with Gasteiger partial charge in [0.2, 0.25) is 0 Å². The first kappa shape index (κ1) is 17.7. The summed E-state index contributed by atoms with van der Waals surface area (Å²) in [6.45, 7) is 4.99. The minimum Gasteiger partial charge on any atom is -0.459 e. The molecule has 6 nitrogen and oxygen atoms in total. The number of aryl methyl sites for hydroxylation is 1. The molecule has 0 aromatic heterocycles. The molecule has 2 rings (SSSR count). The number of hydrogen-bond acceptors (Lipinski definition) is 5. The Hall–Kier alpha value is -2.60. The lowest BCUT2D eigenvalue weighted by molar-refractivity contribution is -0.385. The number of hydrogen-bond donors (Lipinski definition) is 0. The molecule has 0 spiro atoms. The van der Waals surface area contributed by atoms with E-state index in [0.29, 0.717) is 22.1 Å². The van der Waals surface area contributed by atoms with E-state index in [2.05, 4.69) is 0 Å². The third kappa shape index (κ3) is 4.23. The molecule has 0 fully saturated rings. The SMILES string of the molecule is Cc1cc([N+](=O)[O-])c(C(=O)OC(C)C)cc1Oc1cccc(Cl)c1. The number of nitrogens with zero attached hydrogens (tertiary/aromatic N) is 1. The Balaban J connectivity index is 2.45. The molecular formula is C17H16ClNO5. The largest absolute Gasteiger partial charge is 0.459 e. The number of rotatable bonds is 5. The lowest BCUT2D eigenvalue weighted by atomic mass is 10.1. The Morgan fingerprint density at radius 3 is 2.54 bits per heavy atom. The van der Waals surface area contributed by atoms with Crippen LogP contribution in [-0.2, 0) is 4.74 Å². The van der Waals surface area contributed by atoms with E-state index in [4.69, 9.17) is 21.1 Å². The van der Waals surface area contributed by atoms with Crippen LogP contribution < -0.4 is 4.74 Å². The maximum absolute atomic E-state index is 12.1. The van der Waals surface area contributed by atoms with Crippen molar-refractivity contribution in [3.05, 3.63) is 62.7 Å². The molecular weight excluding hydrogens is 334 g/mol. The van der Waals surface area contributed by atoms with Gasteiger partial charge < -0.3 is 9.47 Å². The summed E-state index contributed by atoms with van der Waals surface area (Å²) in [6, 6.07) is 9.32. The quantitative estimate of drug-likeness (QED) is 0.435. The molecule has 0 bridgehead atoms. The Morgan fingerprint density at radius 2 is 1.96 bits per heavy atom. The van der Waals surface area contributed by atoms with Crippen molar-refractivity contribution in [2.45, 2.75) is 26.9 Å². The molecule has 0 saturated carbocycles. The summed E-state index contributed by atoms with van der Waals surface area (Å²) >= 11 is 5.91. The second kappa shape index (κ2) is 7.31. The first-order valence-corrected chi connectivity index (χ1v) is 7.59. The van der Waals surface area contributed by atoms with Crippen molar-refractivity contribution in [2.75, 3.05) is 0 Å². The Bertz CT molecular complexity index is 789. The van der Waals surface area contributed by atoms with E-state index in [-0.39, 0.29) is 11.3 Å². The van der Waals surface area contributed by atoms with Crippen molar-refractivity contribution in [3.63, 3.8) is 0 Å². The molecule has 2 aromatic rings. The van der Waals surface area contributed by atoms with E-state index in [1.165, 1.54) is 12.1 Å². The number of halogens is 1. The molecule has 0 heterocycles. The second-order valence-electron chi connectivity index (χ2n) is 5.41. The second-order valence-corrected chi connectivity index (χ2v) is 5.84. The molecule has 0 aliphatic carbocycles. The molecule has 0 saturated heterocycles. The lowest BCUT2D eigenvalue weighted by Gasteiger charge is -2.12. The predicted octanol–water partition coefficient (Wildman–Crippen LogP) is 4.91. The van der Waals surface area contributed by atoms with Crippen molar-refractivity contribution < 1.29 is 19.2 Å². The summed E-state index contributed by atoms with van der Waals surface area (Å²) < 4.78 is 10.8. The van der Waals surface area contributed by atoms with Crippen LogP contribution >= 0.6 is 11.6 Å². The average molecular weight is 350 g/mol. The highest BCUT2D eigenvalue weighted by Gasteiger charge is 2.25. The van der Waals surface area contributed by atoms with Crippen LogP contribution in [0.3, 0.4) is 0 Å². The van der Waals surface area contributed by atoms with Gasteiger partial charge in [-0.15, -0.1) is 0 Å². The minimum atomic E-state index is -0.771. The van der Waals surface area contributed by atoms with Gasteiger partial charge in [-0.2, -0.15) is 0 Å². The zero-order valence-corrected chi connectivity index (χ0v) is 14.2. The number of carbonyl (C=O) groups is 1. The summed E-state index contributed by atoms with van der Waals surface area (Å²) in [5.74, 6) is 0.00819. The van der Waals surface area contributed by atoms with Crippen LogP contribution in [0.4, 0.5) is 5.69 Å². The number of nitro groups is 1. The number of benzene rings is 2. The van der Waals surface area contributed by atoms with Crippen molar-refractivity contribution in [2.24, 2.45) is 0 Å². The average Bonchev–Trinajstić information content (AvgIpc) is 2.48. The summed E-state index contributed by atoms with van der Waals surface area (Å²) in [5, 5.41) is 11.7. The highest BCUT2D eigenvalue weighted by Crippen LogP contribution is 2.33. The van der Waals surface area contributed by atoms with Gasteiger partial charge in [-0.25, -0.2) is 4.79 Å². The van der Waals surface area contributed by atoms with E-state index in [9.17, 15) is 14.9 Å². The van der Waals surface area contributed by atoms with Gasteiger partial charge in [-0.3, -0.25) is 10.1 Å². The first-order chi connectivity index (χ1) is 11.3. The summed E-state index contributed by atoms with van der Waals surface area (Å²) in [6.07, 6.45) is -0.393. The molecule has 0 atom stereocenters. The Morgan fingerprint density at radius 1 is 1.25 bits per heavy atom. The zero-order chi connectivity index (χ0) is 17.9. The van der Waals surface area contributed by atoms with Gasteiger partial charge in [0.1, 0.15) is 17.1 Å². The summed E-state index contributed by atoms with van der Waals surface area (Å²) in [7, 11) is 0. The van der Waals surface area contributed by atoms with Crippen LogP contribution in [0.15, 0.2) is 36.4 Å². The highest BCUT2D eigenvalue weighted by molar-refractivity contribution is 6.30. The van der Waals surface area contributed by atoms with E-state index in [0.717, 1.165) is 0 Å². The predicted molar refractivity (Wildman–Crippen MR) is 89.9 cm³/mol. The van der Waals surface area contributed by atoms with Crippen LogP contribution in [0, 0.1) is 17.0 Å². The van der Waals surface area contributed by atoms with Gasteiger partial charge in [-0.05, 0) is 44.5 Å². The summed E-state index contributed by atoms with van der Waals surface area (Å²) in [5.41, 5.74) is 0.0377. The van der Waals surface area contributed by atoms with Crippen molar-refractivity contribution in [3.8, 4) is 11.5 Å². The van der Waals surface area contributed by atoms with E-state index >= 15 is 0 Å². The van der Waals surface area contributed by atoms with Crippen LogP contribution in [0.2, 0.25) is 5.02 Å². The molecule has 2 aromatic carbocycles. The normalized spacial score (nSPS) is 10.5. The van der Waals surface area contributed by atoms with Crippen molar-refractivity contribution >= 4 is 23.3 Å². The maximum atomic E-state index is 12.1. The van der Waals surface area contributed by atoms with Crippen molar-refractivity contribution in [1.82, 2.24) is 0 Å². The fraction of sp³-hybridized carbons (Fsp3) is 0.235. The molecule has 7 heteroatoms. The number of nitro benzene ring substituents is 1. The Labute approximate surface area is 144 Å².